The van der Waals surface area contributed by atoms with Crippen LogP contribution in [0.2, 0.25) is 5.02 Å². The largest absolute Gasteiger partial charge is 0.484 e. The van der Waals surface area contributed by atoms with Gasteiger partial charge < -0.3 is 14.6 Å². The number of rotatable bonds is 7. The molecular weight excluding hydrogens is 378 g/mol. The lowest BCUT2D eigenvalue weighted by atomic mass is 10.0. The van der Waals surface area contributed by atoms with Crippen molar-refractivity contribution < 1.29 is 14.1 Å². The van der Waals surface area contributed by atoms with Crippen molar-refractivity contribution in [3.8, 4) is 17.1 Å². The number of aryl methyl sites for hydroxylation is 1. The van der Waals surface area contributed by atoms with Crippen molar-refractivity contribution in [2.24, 2.45) is 5.92 Å². The Balaban J connectivity index is 1.65. The van der Waals surface area contributed by atoms with Crippen LogP contribution < -0.4 is 10.1 Å². The number of nitrogens with zero attached hydrogens (tertiary/aromatic N) is 2. The number of aromatic nitrogens is 2. The topological polar surface area (TPSA) is 77.2 Å². The molecule has 0 fully saturated rings. The molecule has 6 nitrogen and oxygen atoms in total. The summed E-state index contributed by atoms with van der Waals surface area (Å²) in [4.78, 5) is 16.8. The van der Waals surface area contributed by atoms with Gasteiger partial charge in [-0.1, -0.05) is 60.9 Å². The van der Waals surface area contributed by atoms with Crippen molar-refractivity contribution in [1.29, 1.82) is 0 Å². The fourth-order valence-electron chi connectivity index (χ4n) is 2.65. The van der Waals surface area contributed by atoms with Gasteiger partial charge in [0.2, 0.25) is 11.7 Å². The van der Waals surface area contributed by atoms with Gasteiger partial charge in [-0.2, -0.15) is 4.98 Å². The summed E-state index contributed by atoms with van der Waals surface area (Å²) < 4.78 is 11.0. The van der Waals surface area contributed by atoms with E-state index in [0.29, 0.717) is 22.5 Å². The molecule has 3 aromatic rings. The zero-order valence-corrected chi connectivity index (χ0v) is 16.7. The molecule has 0 saturated heterocycles. The van der Waals surface area contributed by atoms with Gasteiger partial charge in [0.25, 0.3) is 5.91 Å². The number of hydrogen-bond donors (Lipinski definition) is 1. The number of carbonyl (C=O) groups is 1. The number of ether oxygens (including phenoxy) is 1. The Morgan fingerprint density at radius 2 is 1.96 bits per heavy atom. The molecule has 0 saturated carbocycles. The molecule has 1 heterocycles. The van der Waals surface area contributed by atoms with Crippen LogP contribution in [0, 0.1) is 12.8 Å². The molecule has 2 aromatic carbocycles. The molecule has 146 valence electrons. The molecule has 0 aliphatic rings. The highest BCUT2D eigenvalue weighted by Gasteiger charge is 2.25. The minimum Gasteiger partial charge on any atom is -0.484 e. The van der Waals surface area contributed by atoms with Gasteiger partial charge in [-0.15, -0.1) is 0 Å². The number of amides is 1. The summed E-state index contributed by atoms with van der Waals surface area (Å²) >= 11 is 6.00. The molecule has 0 bridgehead atoms. The van der Waals surface area contributed by atoms with Crippen LogP contribution in [0.5, 0.6) is 5.75 Å². The standard InChI is InChI=1S/C21H22ClN3O3/c1-13(2)19(21-24-20(25-28-21)15-7-5-4-6-8-15)23-18(26)12-27-16-9-10-17(22)14(3)11-16/h4-11,13,19H,12H2,1-3H3,(H,23,26)/t19-/m0/s1. The Labute approximate surface area is 168 Å². The fraction of sp³-hybridized carbons (Fsp3) is 0.286. The Kier molecular flexibility index (Phi) is 6.31. The van der Waals surface area contributed by atoms with Gasteiger partial charge in [-0.05, 0) is 36.6 Å². The smallest absolute Gasteiger partial charge is 0.258 e. The van der Waals surface area contributed by atoms with E-state index in [1.54, 1.807) is 18.2 Å². The number of nitrogens with one attached hydrogen (secondary N) is 1. The van der Waals surface area contributed by atoms with Crippen molar-refractivity contribution in [3.05, 3.63) is 65.0 Å². The second-order valence-electron chi connectivity index (χ2n) is 6.81. The number of benzene rings is 2. The summed E-state index contributed by atoms with van der Waals surface area (Å²) in [6, 6.07) is 14.4. The van der Waals surface area contributed by atoms with Gasteiger partial charge in [-0.25, -0.2) is 0 Å². The molecule has 0 unspecified atom stereocenters. The average molecular weight is 400 g/mol. The van der Waals surface area contributed by atoms with Gasteiger partial charge in [0, 0.05) is 10.6 Å². The second-order valence-corrected chi connectivity index (χ2v) is 7.22. The van der Waals surface area contributed by atoms with E-state index in [4.69, 9.17) is 20.9 Å². The third-order valence-electron chi connectivity index (χ3n) is 4.22. The van der Waals surface area contributed by atoms with E-state index in [-0.39, 0.29) is 18.4 Å². The lowest BCUT2D eigenvalue weighted by Crippen LogP contribution is -2.35. The maximum absolute atomic E-state index is 12.4. The maximum Gasteiger partial charge on any atom is 0.258 e. The first kappa shape index (κ1) is 19.9. The van der Waals surface area contributed by atoms with Crippen molar-refractivity contribution in [1.82, 2.24) is 15.5 Å². The Bertz CT molecular complexity index is 941. The minimum atomic E-state index is -0.409. The van der Waals surface area contributed by atoms with Crippen molar-refractivity contribution in [2.45, 2.75) is 26.8 Å². The van der Waals surface area contributed by atoms with E-state index in [9.17, 15) is 4.79 Å². The summed E-state index contributed by atoms with van der Waals surface area (Å²) in [6.07, 6.45) is 0. The summed E-state index contributed by atoms with van der Waals surface area (Å²) in [5.41, 5.74) is 1.74. The first-order valence-electron chi connectivity index (χ1n) is 9.01. The van der Waals surface area contributed by atoms with Crippen LogP contribution in [0.4, 0.5) is 0 Å². The molecule has 0 aliphatic carbocycles. The number of halogens is 1. The Hall–Kier alpha value is -2.86. The monoisotopic (exact) mass is 399 g/mol. The van der Waals surface area contributed by atoms with Crippen LogP contribution in [0.25, 0.3) is 11.4 Å². The van der Waals surface area contributed by atoms with E-state index in [0.717, 1.165) is 11.1 Å². The summed E-state index contributed by atoms with van der Waals surface area (Å²) in [5.74, 6) is 1.23. The number of carbonyl (C=O) groups excluding carboxylic acids is 1. The predicted molar refractivity (Wildman–Crippen MR) is 107 cm³/mol. The van der Waals surface area contributed by atoms with Gasteiger partial charge in [0.05, 0.1) is 0 Å². The summed E-state index contributed by atoms with van der Waals surface area (Å²) in [6.45, 7) is 5.70. The van der Waals surface area contributed by atoms with Crippen LogP contribution in [-0.2, 0) is 4.79 Å². The van der Waals surface area contributed by atoms with Crippen molar-refractivity contribution >= 4 is 17.5 Å². The molecule has 1 aromatic heterocycles. The maximum atomic E-state index is 12.4. The molecule has 1 N–H and O–H groups in total. The van der Waals surface area contributed by atoms with Crippen LogP contribution in [0.1, 0.15) is 31.3 Å². The highest BCUT2D eigenvalue weighted by molar-refractivity contribution is 6.31. The quantitative estimate of drug-likeness (QED) is 0.628. The third kappa shape index (κ3) is 4.89. The predicted octanol–water partition coefficient (Wildman–Crippen LogP) is 4.59. The molecule has 0 aliphatic heterocycles. The Morgan fingerprint density at radius 3 is 2.64 bits per heavy atom. The second kappa shape index (κ2) is 8.89. The molecule has 7 heteroatoms. The van der Waals surface area contributed by atoms with Gasteiger partial charge >= 0.3 is 0 Å². The first-order valence-corrected chi connectivity index (χ1v) is 9.39. The minimum absolute atomic E-state index is 0.0609. The Morgan fingerprint density at radius 1 is 1.21 bits per heavy atom. The molecule has 1 amide bonds. The summed E-state index contributed by atoms with van der Waals surface area (Å²) in [5, 5.41) is 7.59. The highest BCUT2D eigenvalue weighted by atomic mass is 35.5. The number of hydrogen-bond acceptors (Lipinski definition) is 5. The third-order valence-corrected chi connectivity index (χ3v) is 4.65. The lowest BCUT2D eigenvalue weighted by molar-refractivity contribution is -0.124. The van der Waals surface area contributed by atoms with E-state index in [1.807, 2.05) is 51.1 Å². The van der Waals surface area contributed by atoms with E-state index in [1.165, 1.54) is 0 Å². The van der Waals surface area contributed by atoms with E-state index in [2.05, 4.69) is 15.5 Å². The molecule has 28 heavy (non-hydrogen) atoms. The van der Waals surface area contributed by atoms with Crippen molar-refractivity contribution in [3.63, 3.8) is 0 Å². The van der Waals surface area contributed by atoms with Crippen LogP contribution in [0.15, 0.2) is 53.1 Å². The fourth-order valence-corrected chi connectivity index (χ4v) is 2.77. The van der Waals surface area contributed by atoms with E-state index < -0.39 is 6.04 Å². The highest BCUT2D eigenvalue weighted by Crippen LogP contribution is 2.24. The van der Waals surface area contributed by atoms with Gasteiger partial charge in [-0.3, -0.25) is 4.79 Å². The van der Waals surface area contributed by atoms with Gasteiger partial charge in [0.1, 0.15) is 11.8 Å². The van der Waals surface area contributed by atoms with Crippen molar-refractivity contribution in [2.75, 3.05) is 6.61 Å². The van der Waals surface area contributed by atoms with Gasteiger partial charge in [0.15, 0.2) is 6.61 Å². The zero-order valence-electron chi connectivity index (χ0n) is 16.0. The lowest BCUT2D eigenvalue weighted by Gasteiger charge is -2.18. The van der Waals surface area contributed by atoms with Crippen LogP contribution in [0.3, 0.4) is 0 Å². The normalized spacial score (nSPS) is 12.0. The zero-order chi connectivity index (χ0) is 20.1. The average Bonchev–Trinajstić information content (AvgIpc) is 3.17. The SMILES string of the molecule is Cc1cc(OCC(=O)N[C@H](c2nc(-c3ccccc3)no2)C(C)C)ccc1Cl. The molecule has 0 radical (unpaired) electrons. The van der Waals surface area contributed by atoms with E-state index >= 15 is 0 Å². The van der Waals surface area contributed by atoms with Crippen LogP contribution >= 0.6 is 11.6 Å². The first-order chi connectivity index (χ1) is 13.4. The molecular formula is C21H22ClN3O3. The molecule has 1 atom stereocenters. The molecule has 3 rings (SSSR count). The molecule has 0 spiro atoms. The van der Waals surface area contributed by atoms with Crippen LogP contribution in [-0.4, -0.2) is 22.7 Å². The summed E-state index contributed by atoms with van der Waals surface area (Å²) in [7, 11) is 0.